The zero-order valence-corrected chi connectivity index (χ0v) is 14.5. The molecule has 1 amide bonds. The molecule has 1 atom stereocenters. The summed E-state index contributed by atoms with van der Waals surface area (Å²) < 4.78 is 1.01. The summed E-state index contributed by atoms with van der Waals surface area (Å²) in [6, 6.07) is 9.67. The number of rotatable bonds is 3. The van der Waals surface area contributed by atoms with Crippen molar-refractivity contribution in [3.63, 3.8) is 0 Å². The van der Waals surface area contributed by atoms with Crippen molar-refractivity contribution in [1.82, 2.24) is 25.1 Å². The lowest BCUT2D eigenvalue weighted by molar-refractivity contribution is 0.0724. The van der Waals surface area contributed by atoms with Gasteiger partial charge in [-0.25, -0.2) is 4.98 Å². The molecule has 2 N–H and O–H groups in total. The van der Waals surface area contributed by atoms with Crippen LogP contribution in [0.3, 0.4) is 0 Å². The number of hydrogen-bond acceptors (Lipinski definition) is 3. The zero-order chi connectivity index (χ0) is 16.5. The number of benzene rings is 1. The van der Waals surface area contributed by atoms with Crippen LogP contribution < -0.4 is 0 Å². The van der Waals surface area contributed by atoms with Gasteiger partial charge >= 0.3 is 0 Å². The SMILES string of the molecule is O=C(c1cc(-c2ccc(Br)cc2)n[nH]1)N1CCCC1c1ncc[nH]1. The van der Waals surface area contributed by atoms with Crippen molar-refractivity contribution in [2.24, 2.45) is 0 Å². The average molecular weight is 386 g/mol. The Kier molecular flexibility index (Phi) is 3.93. The van der Waals surface area contributed by atoms with Gasteiger partial charge in [0.25, 0.3) is 5.91 Å². The van der Waals surface area contributed by atoms with Crippen molar-refractivity contribution >= 4 is 21.8 Å². The Morgan fingerprint density at radius 1 is 1.29 bits per heavy atom. The molecule has 1 unspecified atom stereocenters. The van der Waals surface area contributed by atoms with E-state index in [4.69, 9.17) is 0 Å². The summed E-state index contributed by atoms with van der Waals surface area (Å²) in [7, 11) is 0. The monoisotopic (exact) mass is 385 g/mol. The van der Waals surface area contributed by atoms with Gasteiger partial charge in [0.15, 0.2) is 0 Å². The van der Waals surface area contributed by atoms with Gasteiger partial charge in [-0.15, -0.1) is 0 Å². The molecule has 7 heteroatoms. The quantitative estimate of drug-likeness (QED) is 0.723. The number of nitrogens with zero attached hydrogens (tertiary/aromatic N) is 3. The molecule has 6 nitrogen and oxygen atoms in total. The van der Waals surface area contributed by atoms with Crippen LogP contribution >= 0.6 is 15.9 Å². The van der Waals surface area contributed by atoms with Gasteiger partial charge in [0.1, 0.15) is 11.5 Å². The number of nitrogens with one attached hydrogen (secondary N) is 2. The lowest BCUT2D eigenvalue weighted by Gasteiger charge is -2.22. The summed E-state index contributed by atoms with van der Waals surface area (Å²) in [4.78, 5) is 22.1. The van der Waals surface area contributed by atoms with E-state index >= 15 is 0 Å². The van der Waals surface area contributed by atoms with Gasteiger partial charge in [0.05, 0.1) is 11.7 Å². The zero-order valence-electron chi connectivity index (χ0n) is 12.9. The van der Waals surface area contributed by atoms with Crippen LogP contribution in [0.15, 0.2) is 47.2 Å². The third-order valence-corrected chi connectivity index (χ3v) is 4.83. The Labute approximate surface area is 147 Å². The second kappa shape index (κ2) is 6.24. The molecule has 122 valence electrons. The summed E-state index contributed by atoms with van der Waals surface area (Å²) >= 11 is 3.42. The molecule has 0 radical (unpaired) electrons. The molecule has 1 saturated heterocycles. The lowest BCUT2D eigenvalue weighted by atomic mass is 10.1. The molecule has 4 rings (SSSR count). The first kappa shape index (κ1) is 15.1. The Morgan fingerprint density at radius 2 is 2.12 bits per heavy atom. The third-order valence-electron chi connectivity index (χ3n) is 4.30. The van der Waals surface area contributed by atoms with Crippen LogP contribution in [0.5, 0.6) is 0 Å². The maximum Gasteiger partial charge on any atom is 0.272 e. The number of aromatic amines is 2. The minimum absolute atomic E-state index is 0.00642. The van der Waals surface area contributed by atoms with Gasteiger partial charge in [-0.3, -0.25) is 9.89 Å². The molecule has 0 saturated carbocycles. The van der Waals surface area contributed by atoms with Crippen LogP contribution in [0, 0.1) is 0 Å². The van der Waals surface area contributed by atoms with Crippen molar-refractivity contribution in [1.29, 1.82) is 0 Å². The molecule has 1 aromatic carbocycles. The maximum absolute atomic E-state index is 12.9. The van der Waals surface area contributed by atoms with Crippen molar-refractivity contribution in [3.05, 3.63) is 58.7 Å². The van der Waals surface area contributed by atoms with Crippen LogP contribution in [-0.2, 0) is 0 Å². The normalized spacial score (nSPS) is 17.4. The highest BCUT2D eigenvalue weighted by Crippen LogP contribution is 2.31. The maximum atomic E-state index is 12.9. The standard InChI is InChI=1S/C17H16BrN5O/c18-12-5-3-11(4-6-12)13-10-14(22-21-13)17(24)23-9-1-2-15(23)16-19-7-8-20-16/h3-8,10,15H,1-2,9H2,(H,19,20)(H,21,22). The molecule has 3 heterocycles. The van der Waals surface area contributed by atoms with E-state index in [-0.39, 0.29) is 11.9 Å². The van der Waals surface area contributed by atoms with E-state index in [9.17, 15) is 4.79 Å². The number of aromatic nitrogens is 4. The highest BCUT2D eigenvalue weighted by molar-refractivity contribution is 9.10. The minimum atomic E-state index is -0.0373. The molecule has 1 aliphatic heterocycles. The third kappa shape index (κ3) is 2.75. The first-order valence-corrected chi connectivity index (χ1v) is 8.63. The molecule has 0 spiro atoms. The molecule has 0 aliphatic carbocycles. The van der Waals surface area contributed by atoms with E-state index in [1.165, 1.54) is 0 Å². The van der Waals surface area contributed by atoms with Crippen LogP contribution in [0.4, 0.5) is 0 Å². The summed E-state index contributed by atoms with van der Waals surface area (Å²) in [6.07, 6.45) is 5.41. The highest BCUT2D eigenvalue weighted by atomic mass is 79.9. The molecule has 1 aliphatic rings. The smallest absolute Gasteiger partial charge is 0.272 e. The number of amides is 1. The number of hydrogen-bond donors (Lipinski definition) is 2. The number of likely N-dealkylation sites (tertiary alicyclic amines) is 1. The topological polar surface area (TPSA) is 77.7 Å². The molecular formula is C17H16BrN5O. The van der Waals surface area contributed by atoms with Crippen LogP contribution in [0.25, 0.3) is 11.3 Å². The number of carbonyl (C=O) groups excluding carboxylic acids is 1. The van der Waals surface area contributed by atoms with Gasteiger partial charge in [-0.1, -0.05) is 28.1 Å². The van der Waals surface area contributed by atoms with E-state index in [2.05, 4.69) is 36.1 Å². The fourth-order valence-corrected chi connectivity index (χ4v) is 3.37. The van der Waals surface area contributed by atoms with Gasteiger partial charge in [0, 0.05) is 29.0 Å². The van der Waals surface area contributed by atoms with E-state index in [0.29, 0.717) is 5.69 Å². The van der Waals surface area contributed by atoms with E-state index in [0.717, 1.165) is 40.9 Å². The van der Waals surface area contributed by atoms with Crippen molar-refractivity contribution in [2.75, 3.05) is 6.54 Å². The van der Waals surface area contributed by atoms with Crippen LogP contribution in [0.1, 0.15) is 35.2 Å². The summed E-state index contributed by atoms with van der Waals surface area (Å²) in [6.45, 7) is 0.733. The van der Waals surface area contributed by atoms with Crippen LogP contribution in [0.2, 0.25) is 0 Å². The number of carbonyl (C=O) groups is 1. The van der Waals surface area contributed by atoms with Gasteiger partial charge in [-0.2, -0.15) is 5.10 Å². The number of halogens is 1. The Morgan fingerprint density at radius 3 is 2.88 bits per heavy atom. The first-order chi connectivity index (χ1) is 11.7. The lowest BCUT2D eigenvalue weighted by Crippen LogP contribution is -2.31. The average Bonchev–Trinajstić information content (AvgIpc) is 3.34. The summed E-state index contributed by atoms with van der Waals surface area (Å²) in [5.41, 5.74) is 2.24. The van der Waals surface area contributed by atoms with Crippen molar-refractivity contribution in [3.8, 4) is 11.3 Å². The Bertz CT molecular complexity index is 840. The van der Waals surface area contributed by atoms with Crippen molar-refractivity contribution in [2.45, 2.75) is 18.9 Å². The fourth-order valence-electron chi connectivity index (χ4n) is 3.11. The predicted octanol–water partition coefficient (Wildman–Crippen LogP) is 3.54. The largest absolute Gasteiger partial charge is 0.347 e. The molecular weight excluding hydrogens is 370 g/mol. The van der Waals surface area contributed by atoms with Crippen molar-refractivity contribution < 1.29 is 4.79 Å². The molecule has 0 bridgehead atoms. The summed E-state index contributed by atoms with van der Waals surface area (Å²) in [5, 5.41) is 7.16. The molecule has 24 heavy (non-hydrogen) atoms. The molecule has 2 aromatic heterocycles. The van der Waals surface area contributed by atoms with Gasteiger partial charge in [-0.05, 0) is 31.0 Å². The first-order valence-electron chi connectivity index (χ1n) is 7.84. The van der Waals surface area contributed by atoms with E-state index in [1.54, 1.807) is 12.4 Å². The van der Waals surface area contributed by atoms with E-state index < -0.39 is 0 Å². The van der Waals surface area contributed by atoms with Crippen LogP contribution in [-0.4, -0.2) is 37.5 Å². The number of imidazole rings is 1. The second-order valence-corrected chi connectivity index (χ2v) is 6.72. The fraction of sp³-hybridized carbons (Fsp3) is 0.235. The predicted molar refractivity (Wildman–Crippen MR) is 93.3 cm³/mol. The second-order valence-electron chi connectivity index (χ2n) is 5.80. The molecule has 3 aromatic rings. The van der Waals surface area contributed by atoms with Gasteiger partial charge < -0.3 is 9.88 Å². The van der Waals surface area contributed by atoms with E-state index in [1.807, 2.05) is 35.2 Å². The Balaban J connectivity index is 1.57. The van der Waals surface area contributed by atoms with Gasteiger partial charge in [0.2, 0.25) is 0 Å². The molecule has 1 fully saturated rings. The minimum Gasteiger partial charge on any atom is -0.347 e. The Hall–Kier alpha value is -2.41. The number of H-pyrrole nitrogens is 2. The highest BCUT2D eigenvalue weighted by Gasteiger charge is 2.32. The summed E-state index contributed by atoms with van der Waals surface area (Å²) in [5.74, 6) is 0.804.